The van der Waals surface area contributed by atoms with Crippen molar-refractivity contribution < 1.29 is 12.8 Å². The fourth-order valence-corrected chi connectivity index (χ4v) is 3.86. The van der Waals surface area contributed by atoms with Crippen molar-refractivity contribution in [3.05, 3.63) is 30.3 Å². The van der Waals surface area contributed by atoms with Crippen LogP contribution in [0.5, 0.6) is 0 Å². The van der Waals surface area contributed by atoms with Crippen molar-refractivity contribution in [1.82, 2.24) is 9.97 Å². The summed E-state index contributed by atoms with van der Waals surface area (Å²) >= 11 is 0. The summed E-state index contributed by atoms with van der Waals surface area (Å²) in [6.45, 7) is 0. The highest BCUT2D eigenvalue weighted by Gasteiger charge is 2.24. The van der Waals surface area contributed by atoms with Gasteiger partial charge in [0.1, 0.15) is 27.8 Å². The largest absolute Gasteiger partial charge is 0.367 e. The summed E-state index contributed by atoms with van der Waals surface area (Å²) in [6, 6.07) is 4.38. The van der Waals surface area contributed by atoms with Gasteiger partial charge < -0.3 is 5.32 Å². The van der Waals surface area contributed by atoms with E-state index in [-0.39, 0.29) is 23.4 Å². The summed E-state index contributed by atoms with van der Waals surface area (Å²) in [4.78, 5) is 8.23. The van der Waals surface area contributed by atoms with E-state index in [1.165, 1.54) is 18.5 Å². The molecule has 5 nitrogen and oxygen atoms in total. The molecule has 1 fully saturated rings. The Labute approximate surface area is 116 Å². The molecule has 1 aromatic heterocycles. The van der Waals surface area contributed by atoms with E-state index in [4.69, 9.17) is 0 Å². The molecule has 0 spiro atoms. The molecule has 0 radical (unpaired) electrons. The van der Waals surface area contributed by atoms with Gasteiger partial charge >= 0.3 is 0 Å². The highest BCUT2D eigenvalue weighted by molar-refractivity contribution is 7.91. The van der Waals surface area contributed by atoms with Gasteiger partial charge in [0.15, 0.2) is 0 Å². The van der Waals surface area contributed by atoms with Gasteiger partial charge in [0.05, 0.1) is 17.0 Å². The minimum atomic E-state index is -2.89. The van der Waals surface area contributed by atoms with Gasteiger partial charge in [0.2, 0.25) is 0 Å². The van der Waals surface area contributed by atoms with E-state index < -0.39 is 9.84 Å². The lowest BCUT2D eigenvalue weighted by Gasteiger charge is -2.23. The normalized spacial score (nSPS) is 19.1. The van der Waals surface area contributed by atoms with E-state index in [9.17, 15) is 12.8 Å². The van der Waals surface area contributed by atoms with E-state index in [1.807, 2.05) is 0 Å². The SMILES string of the molecule is O=S1(=O)CCC(Nc2ncnc3ccc(F)cc23)CC1. The lowest BCUT2D eigenvalue weighted by atomic mass is 10.1. The summed E-state index contributed by atoms with van der Waals surface area (Å²) in [7, 11) is -2.89. The molecule has 1 saturated heterocycles. The quantitative estimate of drug-likeness (QED) is 0.914. The topological polar surface area (TPSA) is 72.0 Å². The van der Waals surface area contributed by atoms with E-state index >= 15 is 0 Å². The molecule has 1 N–H and O–H groups in total. The number of aromatic nitrogens is 2. The van der Waals surface area contributed by atoms with Crippen LogP contribution in [-0.4, -0.2) is 35.9 Å². The van der Waals surface area contributed by atoms with Gasteiger partial charge in [-0.2, -0.15) is 0 Å². The van der Waals surface area contributed by atoms with Gasteiger partial charge in [-0.3, -0.25) is 0 Å². The minimum absolute atomic E-state index is 0.0416. The molecule has 0 bridgehead atoms. The third-order valence-corrected chi connectivity index (χ3v) is 5.21. The molecule has 0 saturated carbocycles. The molecule has 0 atom stereocenters. The number of nitrogens with zero attached hydrogens (tertiary/aromatic N) is 2. The molecule has 20 heavy (non-hydrogen) atoms. The summed E-state index contributed by atoms with van der Waals surface area (Å²) in [5, 5.41) is 3.82. The number of rotatable bonds is 2. The Bertz CT molecular complexity index is 734. The molecule has 2 aromatic rings. The fourth-order valence-electron chi connectivity index (χ4n) is 2.37. The monoisotopic (exact) mass is 295 g/mol. The third kappa shape index (κ3) is 2.72. The molecule has 0 aliphatic carbocycles. The molecular weight excluding hydrogens is 281 g/mol. The van der Waals surface area contributed by atoms with Crippen molar-refractivity contribution >= 4 is 26.6 Å². The van der Waals surface area contributed by atoms with Crippen molar-refractivity contribution in [3.8, 4) is 0 Å². The maximum Gasteiger partial charge on any atom is 0.150 e. The Morgan fingerprint density at radius 1 is 1.20 bits per heavy atom. The van der Waals surface area contributed by atoms with Crippen LogP contribution in [0.3, 0.4) is 0 Å². The lowest BCUT2D eigenvalue weighted by Crippen LogP contribution is -2.32. The highest BCUT2D eigenvalue weighted by Crippen LogP contribution is 2.23. The molecule has 1 aromatic carbocycles. The number of anilines is 1. The Balaban J connectivity index is 1.86. The van der Waals surface area contributed by atoms with Crippen LogP contribution >= 0.6 is 0 Å². The second kappa shape index (κ2) is 4.97. The average Bonchev–Trinajstić information content (AvgIpc) is 2.42. The molecule has 0 amide bonds. The Morgan fingerprint density at radius 3 is 2.70 bits per heavy atom. The molecule has 0 unspecified atom stereocenters. The standard InChI is InChI=1S/C13H14FN3O2S/c14-9-1-2-12-11(7-9)13(16-8-15-12)17-10-3-5-20(18,19)6-4-10/h1-2,7-8,10H,3-6H2,(H,15,16,17). The summed E-state index contributed by atoms with van der Waals surface area (Å²) in [5.74, 6) is 0.574. The first-order valence-electron chi connectivity index (χ1n) is 6.41. The number of halogens is 1. The van der Waals surface area contributed by atoms with Crippen LogP contribution in [0.2, 0.25) is 0 Å². The van der Waals surface area contributed by atoms with Crippen molar-refractivity contribution in [2.24, 2.45) is 0 Å². The number of sulfone groups is 1. The Kier molecular flexibility index (Phi) is 3.29. The van der Waals surface area contributed by atoms with Gasteiger partial charge in [-0.05, 0) is 31.0 Å². The zero-order valence-electron chi connectivity index (χ0n) is 10.7. The Morgan fingerprint density at radius 2 is 1.95 bits per heavy atom. The van der Waals surface area contributed by atoms with Crippen LogP contribution in [0.15, 0.2) is 24.5 Å². The van der Waals surface area contributed by atoms with Crippen molar-refractivity contribution in [1.29, 1.82) is 0 Å². The van der Waals surface area contributed by atoms with Crippen LogP contribution in [0.4, 0.5) is 10.2 Å². The van der Waals surface area contributed by atoms with Crippen LogP contribution < -0.4 is 5.32 Å². The summed E-state index contributed by atoms with van der Waals surface area (Å²) < 4.78 is 36.1. The molecular formula is C13H14FN3O2S. The summed E-state index contributed by atoms with van der Waals surface area (Å²) in [5.41, 5.74) is 0.660. The maximum absolute atomic E-state index is 13.3. The van der Waals surface area contributed by atoms with Crippen LogP contribution in [0, 0.1) is 5.82 Å². The predicted molar refractivity (Wildman–Crippen MR) is 74.8 cm³/mol. The van der Waals surface area contributed by atoms with Gasteiger partial charge in [-0.15, -0.1) is 0 Å². The van der Waals surface area contributed by atoms with Crippen molar-refractivity contribution in [2.75, 3.05) is 16.8 Å². The number of hydrogen-bond acceptors (Lipinski definition) is 5. The van der Waals surface area contributed by atoms with Gasteiger partial charge in [0.25, 0.3) is 0 Å². The van der Waals surface area contributed by atoms with E-state index in [0.29, 0.717) is 29.6 Å². The second-order valence-corrected chi connectivity index (χ2v) is 7.26. The highest BCUT2D eigenvalue weighted by atomic mass is 32.2. The first kappa shape index (κ1) is 13.2. The number of nitrogens with one attached hydrogen (secondary N) is 1. The molecule has 1 aliphatic rings. The van der Waals surface area contributed by atoms with Crippen molar-refractivity contribution in [3.63, 3.8) is 0 Å². The Hall–Kier alpha value is -1.76. The molecule has 2 heterocycles. The van der Waals surface area contributed by atoms with E-state index in [2.05, 4.69) is 15.3 Å². The first-order chi connectivity index (χ1) is 9.53. The smallest absolute Gasteiger partial charge is 0.150 e. The zero-order chi connectivity index (χ0) is 14.2. The minimum Gasteiger partial charge on any atom is -0.367 e. The number of benzene rings is 1. The summed E-state index contributed by atoms with van der Waals surface area (Å²) in [6.07, 6.45) is 2.51. The zero-order valence-corrected chi connectivity index (χ0v) is 11.5. The van der Waals surface area contributed by atoms with E-state index in [0.717, 1.165) is 0 Å². The average molecular weight is 295 g/mol. The second-order valence-electron chi connectivity index (χ2n) is 4.95. The molecule has 106 valence electrons. The van der Waals surface area contributed by atoms with Gasteiger partial charge in [0, 0.05) is 11.4 Å². The molecule has 7 heteroatoms. The maximum atomic E-state index is 13.3. The van der Waals surface area contributed by atoms with Crippen LogP contribution in [0.1, 0.15) is 12.8 Å². The molecule has 1 aliphatic heterocycles. The predicted octanol–water partition coefficient (Wildman–Crippen LogP) is 1.76. The first-order valence-corrected chi connectivity index (χ1v) is 8.23. The molecule has 3 rings (SSSR count). The number of fused-ring (bicyclic) bond motifs is 1. The third-order valence-electron chi connectivity index (χ3n) is 3.49. The lowest BCUT2D eigenvalue weighted by molar-refractivity contribution is 0.559. The van der Waals surface area contributed by atoms with Crippen LogP contribution in [-0.2, 0) is 9.84 Å². The van der Waals surface area contributed by atoms with E-state index in [1.54, 1.807) is 6.07 Å². The van der Waals surface area contributed by atoms with Gasteiger partial charge in [-0.25, -0.2) is 22.8 Å². The fraction of sp³-hybridized carbons (Fsp3) is 0.385. The number of hydrogen-bond donors (Lipinski definition) is 1. The van der Waals surface area contributed by atoms with Crippen molar-refractivity contribution in [2.45, 2.75) is 18.9 Å². The van der Waals surface area contributed by atoms with Crippen LogP contribution in [0.25, 0.3) is 10.9 Å². The van der Waals surface area contributed by atoms with Gasteiger partial charge in [-0.1, -0.05) is 0 Å².